The van der Waals surface area contributed by atoms with Crippen LogP contribution in [-0.2, 0) is 6.42 Å². The Bertz CT molecular complexity index is 470. The molecule has 4 heteroatoms. The van der Waals surface area contributed by atoms with Crippen molar-refractivity contribution in [1.29, 1.82) is 0 Å². The maximum absolute atomic E-state index is 5.87. The second kappa shape index (κ2) is 4.55. The van der Waals surface area contributed by atoms with E-state index in [4.69, 9.17) is 11.6 Å². The van der Waals surface area contributed by atoms with Crippen molar-refractivity contribution < 1.29 is 0 Å². The van der Waals surface area contributed by atoms with E-state index >= 15 is 0 Å². The minimum atomic E-state index is 0.648. The minimum absolute atomic E-state index is 0.648. The van der Waals surface area contributed by atoms with Gasteiger partial charge in [-0.2, -0.15) is 0 Å². The fourth-order valence-electron chi connectivity index (χ4n) is 1.45. The number of pyridine rings is 2. The van der Waals surface area contributed by atoms with Gasteiger partial charge in [-0.05, 0) is 37.7 Å². The van der Waals surface area contributed by atoms with Crippen LogP contribution in [-0.4, -0.2) is 23.6 Å². The molecular weight excluding hydrogens is 210 g/mol. The number of halogens is 1. The molecule has 0 amide bonds. The molecule has 0 radical (unpaired) electrons. The third kappa shape index (κ3) is 2.43. The molecule has 0 unspecified atom stereocenters. The fourth-order valence-corrected chi connectivity index (χ4v) is 1.62. The average Bonchev–Trinajstić information content (AvgIpc) is 2.25. The predicted octanol–water partition coefficient (Wildman–Crippen LogP) is 2.05. The molecule has 2 aromatic heterocycles. The lowest BCUT2D eigenvalue weighted by Gasteiger charge is -2.02. The maximum Gasteiger partial charge on any atom is 0.159 e. The van der Waals surface area contributed by atoms with Crippen LogP contribution < -0.4 is 5.32 Å². The number of hydrogen-bond donors (Lipinski definition) is 1. The number of likely N-dealkylation sites (N-methyl/N-ethyl adjacent to an activating group) is 1. The van der Waals surface area contributed by atoms with E-state index in [0.29, 0.717) is 5.02 Å². The van der Waals surface area contributed by atoms with Gasteiger partial charge in [0.2, 0.25) is 0 Å². The Morgan fingerprint density at radius 2 is 2.07 bits per heavy atom. The standard InChI is InChI=1S/C11H12ClN3/c1-13-3-2-8-4-9-5-10(12)7-15-11(9)14-6-8/h4-7,13H,2-3H2,1H3. The molecule has 0 saturated heterocycles. The van der Waals surface area contributed by atoms with Crippen LogP contribution >= 0.6 is 11.6 Å². The zero-order chi connectivity index (χ0) is 10.7. The summed E-state index contributed by atoms with van der Waals surface area (Å²) in [6.07, 6.45) is 4.44. The summed E-state index contributed by atoms with van der Waals surface area (Å²) in [5.74, 6) is 0. The highest BCUT2D eigenvalue weighted by Gasteiger charge is 1.99. The molecule has 0 atom stereocenters. The Kier molecular flexibility index (Phi) is 3.14. The molecular formula is C11H12ClN3. The Morgan fingerprint density at radius 1 is 1.27 bits per heavy atom. The maximum atomic E-state index is 5.87. The quantitative estimate of drug-likeness (QED) is 0.862. The topological polar surface area (TPSA) is 37.8 Å². The summed E-state index contributed by atoms with van der Waals surface area (Å²) in [5.41, 5.74) is 1.94. The van der Waals surface area contributed by atoms with E-state index < -0.39 is 0 Å². The Hall–Kier alpha value is -1.19. The SMILES string of the molecule is CNCCc1cnc2ncc(Cl)cc2c1. The van der Waals surface area contributed by atoms with E-state index in [1.54, 1.807) is 6.20 Å². The van der Waals surface area contributed by atoms with E-state index in [2.05, 4.69) is 21.4 Å². The summed E-state index contributed by atoms with van der Waals surface area (Å²) in [6, 6.07) is 3.97. The molecule has 0 aliphatic heterocycles. The van der Waals surface area contributed by atoms with Gasteiger partial charge in [-0.3, -0.25) is 0 Å². The first kappa shape index (κ1) is 10.3. The summed E-state index contributed by atoms with van der Waals surface area (Å²) in [4.78, 5) is 8.42. The molecule has 2 rings (SSSR count). The predicted molar refractivity (Wildman–Crippen MR) is 62.2 cm³/mol. The van der Waals surface area contributed by atoms with E-state index in [0.717, 1.165) is 24.0 Å². The summed E-state index contributed by atoms with van der Waals surface area (Å²) in [5, 5.41) is 4.75. The molecule has 0 fully saturated rings. The lowest BCUT2D eigenvalue weighted by atomic mass is 10.1. The van der Waals surface area contributed by atoms with Crippen molar-refractivity contribution in [2.45, 2.75) is 6.42 Å². The Morgan fingerprint density at radius 3 is 2.87 bits per heavy atom. The highest BCUT2D eigenvalue weighted by molar-refractivity contribution is 6.31. The van der Waals surface area contributed by atoms with Crippen LogP contribution in [0.4, 0.5) is 0 Å². The van der Waals surface area contributed by atoms with Gasteiger partial charge < -0.3 is 5.32 Å². The van der Waals surface area contributed by atoms with Gasteiger partial charge >= 0.3 is 0 Å². The normalized spacial score (nSPS) is 10.8. The first-order chi connectivity index (χ1) is 7.29. The van der Waals surface area contributed by atoms with Gasteiger partial charge in [0, 0.05) is 17.8 Å². The summed E-state index contributed by atoms with van der Waals surface area (Å²) in [7, 11) is 1.94. The lowest BCUT2D eigenvalue weighted by Crippen LogP contribution is -2.10. The van der Waals surface area contributed by atoms with Crippen molar-refractivity contribution in [3.63, 3.8) is 0 Å². The zero-order valence-corrected chi connectivity index (χ0v) is 9.25. The molecule has 15 heavy (non-hydrogen) atoms. The number of nitrogens with zero attached hydrogens (tertiary/aromatic N) is 2. The van der Waals surface area contributed by atoms with Gasteiger partial charge in [-0.15, -0.1) is 0 Å². The van der Waals surface area contributed by atoms with Crippen LogP contribution in [0.3, 0.4) is 0 Å². The molecule has 0 saturated carbocycles. The summed E-state index contributed by atoms with van der Waals surface area (Å²) < 4.78 is 0. The van der Waals surface area contributed by atoms with Crippen LogP contribution in [0.1, 0.15) is 5.56 Å². The third-order valence-corrected chi connectivity index (χ3v) is 2.43. The molecule has 3 nitrogen and oxygen atoms in total. The van der Waals surface area contributed by atoms with Gasteiger partial charge in [0.15, 0.2) is 5.65 Å². The van der Waals surface area contributed by atoms with Crippen LogP contribution in [0.15, 0.2) is 24.5 Å². The largest absolute Gasteiger partial charge is 0.319 e. The van der Waals surface area contributed by atoms with Crippen molar-refractivity contribution in [3.05, 3.63) is 35.1 Å². The first-order valence-electron chi connectivity index (χ1n) is 4.84. The smallest absolute Gasteiger partial charge is 0.159 e. The van der Waals surface area contributed by atoms with Crippen LogP contribution in [0, 0.1) is 0 Å². The highest BCUT2D eigenvalue weighted by atomic mass is 35.5. The second-order valence-corrected chi connectivity index (χ2v) is 3.83. The van der Waals surface area contributed by atoms with Crippen molar-refractivity contribution in [1.82, 2.24) is 15.3 Å². The van der Waals surface area contributed by atoms with Crippen LogP contribution in [0.2, 0.25) is 5.02 Å². The van der Waals surface area contributed by atoms with E-state index in [1.165, 1.54) is 5.56 Å². The van der Waals surface area contributed by atoms with Gasteiger partial charge in [0.05, 0.1) is 5.02 Å². The van der Waals surface area contributed by atoms with Crippen LogP contribution in [0.5, 0.6) is 0 Å². The molecule has 2 aromatic rings. The monoisotopic (exact) mass is 221 g/mol. The molecule has 0 aliphatic carbocycles. The number of rotatable bonds is 3. The molecule has 0 spiro atoms. The van der Waals surface area contributed by atoms with Crippen molar-refractivity contribution in [3.8, 4) is 0 Å². The molecule has 0 aliphatic rings. The Labute approximate surface area is 93.5 Å². The number of aromatic nitrogens is 2. The fraction of sp³-hybridized carbons (Fsp3) is 0.273. The molecule has 0 bridgehead atoms. The van der Waals surface area contributed by atoms with Crippen molar-refractivity contribution >= 4 is 22.6 Å². The molecule has 0 aromatic carbocycles. The van der Waals surface area contributed by atoms with E-state index in [-0.39, 0.29) is 0 Å². The van der Waals surface area contributed by atoms with Gasteiger partial charge in [-0.25, -0.2) is 9.97 Å². The third-order valence-electron chi connectivity index (χ3n) is 2.22. The molecule has 1 N–H and O–H groups in total. The van der Waals surface area contributed by atoms with Crippen LogP contribution in [0.25, 0.3) is 11.0 Å². The number of fused-ring (bicyclic) bond motifs is 1. The summed E-state index contributed by atoms with van der Waals surface area (Å²) >= 11 is 5.87. The number of hydrogen-bond acceptors (Lipinski definition) is 3. The lowest BCUT2D eigenvalue weighted by molar-refractivity contribution is 0.790. The Balaban J connectivity index is 2.36. The molecule has 78 valence electrons. The first-order valence-corrected chi connectivity index (χ1v) is 5.22. The minimum Gasteiger partial charge on any atom is -0.319 e. The summed E-state index contributed by atoms with van der Waals surface area (Å²) in [6.45, 7) is 0.946. The number of nitrogens with one attached hydrogen (secondary N) is 1. The van der Waals surface area contributed by atoms with E-state index in [9.17, 15) is 0 Å². The molecule has 2 heterocycles. The van der Waals surface area contributed by atoms with Gasteiger partial charge in [0.1, 0.15) is 0 Å². The average molecular weight is 222 g/mol. The van der Waals surface area contributed by atoms with Gasteiger partial charge in [0.25, 0.3) is 0 Å². The second-order valence-electron chi connectivity index (χ2n) is 3.40. The van der Waals surface area contributed by atoms with Crippen molar-refractivity contribution in [2.24, 2.45) is 0 Å². The highest BCUT2D eigenvalue weighted by Crippen LogP contribution is 2.16. The van der Waals surface area contributed by atoms with Gasteiger partial charge in [-0.1, -0.05) is 11.6 Å². The van der Waals surface area contributed by atoms with E-state index in [1.807, 2.05) is 19.3 Å². The zero-order valence-electron chi connectivity index (χ0n) is 8.50. The van der Waals surface area contributed by atoms with Crippen molar-refractivity contribution in [2.75, 3.05) is 13.6 Å².